The lowest BCUT2D eigenvalue weighted by Crippen LogP contribution is -2.38. The van der Waals surface area contributed by atoms with E-state index in [2.05, 4.69) is 10.6 Å². The molecular formula is C18H22N2O6. The molecule has 0 aliphatic rings. The van der Waals surface area contributed by atoms with Crippen LogP contribution in [0.4, 0.5) is 4.79 Å². The number of carbonyl (C=O) groups excluding carboxylic acids is 2. The van der Waals surface area contributed by atoms with Gasteiger partial charge in [0, 0.05) is 30.6 Å². The van der Waals surface area contributed by atoms with Crippen LogP contribution in [0.3, 0.4) is 0 Å². The Bertz CT molecular complexity index is 866. The van der Waals surface area contributed by atoms with Crippen LogP contribution in [0.5, 0.6) is 5.75 Å². The Labute approximate surface area is 150 Å². The topological polar surface area (TPSA) is 118 Å². The lowest BCUT2D eigenvalue weighted by Gasteiger charge is -2.19. The van der Waals surface area contributed by atoms with Crippen molar-refractivity contribution in [1.82, 2.24) is 10.6 Å². The Kier molecular flexibility index (Phi) is 5.86. The van der Waals surface area contributed by atoms with Gasteiger partial charge in [0.15, 0.2) is 0 Å². The van der Waals surface area contributed by atoms with E-state index < -0.39 is 17.3 Å². The highest BCUT2D eigenvalue weighted by Gasteiger charge is 2.15. The van der Waals surface area contributed by atoms with Crippen LogP contribution < -0.4 is 16.3 Å². The lowest BCUT2D eigenvalue weighted by molar-refractivity contribution is -0.120. The third-order valence-corrected chi connectivity index (χ3v) is 3.28. The lowest BCUT2D eigenvalue weighted by atomic mass is 10.1. The predicted molar refractivity (Wildman–Crippen MR) is 95.1 cm³/mol. The molecule has 0 fully saturated rings. The number of hydrogen-bond acceptors (Lipinski definition) is 6. The Morgan fingerprint density at radius 1 is 1.15 bits per heavy atom. The highest BCUT2D eigenvalue weighted by molar-refractivity contribution is 5.87. The molecule has 0 saturated carbocycles. The zero-order valence-electron chi connectivity index (χ0n) is 14.9. The molecule has 0 aliphatic heterocycles. The molecule has 0 aliphatic carbocycles. The van der Waals surface area contributed by atoms with Gasteiger partial charge in [-0.15, -0.1) is 0 Å². The first-order valence-electron chi connectivity index (χ1n) is 8.13. The van der Waals surface area contributed by atoms with Gasteiger partial charge in [-0.2, -0.15) is 0 Å². The third kappa shape index (κ3) is 5.80. The van der Waals surface area contributed by atoms with Crippen molar-refractivity contribution in [3.8, 4) is 5.75 Å². The van der Waals surface area contributed by atoms with E-state index in [1.165, 1.54) is 18.2 Å². The van der Waals surface area contributed by atoms with Crippen LogP contribution in [0.2, 0.25) is 0 Å². The van der Waals surface area contributed by atoms with Crippen LogP contribution in [0.25, 0.3) is 11.0 Å². The minimum Gasteiger partial charge on any atom is -0.508 e. The van der Waals surface area contributed by atoms with Crippen LogP contribution in [0.1, 0.15) is 26.3 Å². The minimum atomic E-state index is -0.600. The zero-order valence-corrected chi connectivity index (χ0v) is 14.9. The van der Waals surface area contributed by atoms with Gasteiger partial charge >= 0.3 is 11.7 Å². The first-order chi connectivity index (χ1) is 12.1. The van der Waals surface area contributed by atoms with E-state index in [4.69, 9.17) is 9.15 Å². The van der Waals surface area contributed by atoms with Crippen molar-refractivity contribution in [3.05, 3.63) is 40.2 Å². The Morgan fingerprint density at radius 2 is 1.85 bits per heavy atom. The summed E-state index contributed by atoms with van der Waals surface area (Å²) < 4.78 is 10.1. The SMILES string of the molecule is CC(C)(C)OC(=O)NCCNC(=O)Cc1cc(=O)oc2cc(O)ccc12. The fourth-order valence-electron chi connectivity index (χ4n) is 2.28. The van der Waals surface area contributed by atoms with Crippen molar-refractivity contribution >= 4 is 23.0 Å². The molecule has 8 heteroatoms. The molecule has 0 radical (unpaired) electrons. The fraction of sp³-hybridized carbons (Fsp3) is 0.389. The van der Waals surface area contributed by atoms with Gasteiger partial charge in [-0.25, -0.2) is 9.59 Å². The van der Waals surface area contributed by atoms with E-state index >= 15 is 0 Å². The first-order valence-corrected chi connectivity index (χ1v) is 8.13. The maximum atomic E-state index is 12.1. The second-order valence-electron chi connectivity index (χ2n) is 6.73. The summed E-state index contributed by atoms with van der Waals surface area (Å²) in [5.41, 5.74) is -0.477. The van der Waals surface area contributed by atoms with Crippen LogP contribution in [-0.4, -0.2) is 35.8 Å². The smallest absolute Gasteiger partial charge is 0.407 e. The van der Waals surface area contributed by atoms with Gasteiger partial charge in [-0.05, 0) is 38.5 Å². The summed E-state index contributed by atoms with van der Waals surface area (Å²) in [5, 5.41) is 15.2. The Hall–Kier alpha value is -3.03. The van der Waals surface area contributed by atoms with Crippen LogP contribution >= 0.6 is 0 Å². The molecule has 2 amide bonds. The third-order valence-electron chi connectivity index (χ3n) is 3.28. The number of hydrogen-bond donors (Lipinski definition) is 3. The van der Waals surface area contributed by atoms with Crippen molar-refractivity contribution in [2.45, 2.75) is 32.8 Å². The molecule has 2 aromatic rings. The number of aromatic hydroxyl groups is 1. The van der Waals surface area contributed by atoms with E-state index in [1.54, 1.807) is 26.8 Å². The largest absolute Gasteiger partial charge is 0.508 e. The molecule has 1 aromatic carbocycles. The Morgan fingerprint density at radius 3 is 2.54 bits per heavy atom. The summed E-state index contributed by atoms with van der Waals surface area (Å²) in [5.74, 6) is -0.341. The van der Waals surface area contributed by atoms with Gasteiger partial charge in [0.25, 0.3) is 0 Å². The van der Waals surface area contributed by atoms with Gasteiger partial charge in [0.05, 0.1) is 6.42 Å². The summed E-state index contributed by atoms with van der Waals surface area (Å²) in [4.78, 5) is 35.2. The van der Waals surface area contributed by atoms with Gasteiger partial charge in [-0.1, -0.05) is 0 Å². The van der Waals surface area contributed by atoms with Crippen molar-refractivity contribution < 1.29 is 23.8 Å². The van der Waals surface area contributed by atoms with Crippen molar-refractivity contribution in [2.75, 3.05) is 13.1 Å². The number of alkyl carbamates (subject to hydrolysis) is 1. The van der Waals surface area contributed by atoms with Crippen LogP contribution in [-0.2, 0) is 16.0 Å². The number of fused-ring (bicyclic) bond motifs is 1. The fourth-order valence-corrected chi connectivity index (χ4v) is 2.28. The Balaban J connectivity index is 1.90. The molecule has 0 unspecified atom stereocenters. The molecule has 1 heterocycles. The first kappa shape index (κ1) is 19.3. The molecule has 3 N–H and O–H groups in total. The summed E-state index contributed by atoms with van der Waals surface area (Å²) in [7, 11) is 0. The number of ether oxygens (including phenoxy) is 1. The number of benzene rings is 1. The second kappa shape index (κ2) is 7.90. The van der Waals surface area contributed by atoms with E-state index in [0.717, 1.165) is 0 Å². The van der Waals surface area contributed by atoms with Crippen molar-refractivity contribution in [2.24, 2.45) is 0 Å². The number of amides is 2. The highest BCUT2D eigenvalue weighted by Crippen LogP contribution is 2.22. The van der Waals surface area contributed by atoms with Crippen molar-refractivity contribution in [3.63, 3.8) is 0 Å². The molecule has 1 aromatic heterocycles. The van der Waals surface area contributed by atoms with Gasteiger partial charge < -0.3 is 24.9 Å². The zero-order chi connectivity index (χ0) is 19.3. The standard InChI is InChI=1S/C18H22N2O6/c1-18(2,3)26-17(24)20-7-6-19-15(22)8-11-9-16(23)25-14-10-12(21)4-5-13(11)14/h4-5,9-10,21H,6-8H2,1-3H3,(H,19,22)(H,20,24). The average Bonchev–Trinajstić information content (AvgIpc) is 2.49. The maximum absolute atomic E-state index is 12.1. The summed E-state index contributed by atoms with van der Waals surface area (Å²) in [6.07, 6.45) is -0.586. The van der Waals surface area contributed by atoms with Gasteiger partial charge in [0.2, 0.25) is 5.91 Å². The predicted octanol–water partition coefficient (Wildman–Crippen LogP) is 1.68. The van der Waals surface area contributed by atoms with E-state index in [-0.39, 0.29) is 36.8 Å². The van der Waals surface area contributed by atoms with Crippen LogP contribution in [0.15, 0.2) is 33.5 Å². The molecule has 140 valence electrons. The summed E-state index contributed by atoms with van der Waals surface area (Å²) in [6.45, 7) is 5.71. The summed E-state index contributed by atoms with van der Waals surface area (Å²) in [6, 6.07) is 5.61. The van der Waals surface area contributed by atoms with Gasteiger partial charge in [-0.3, -0.25) is 4.79 Å². The molecule has 0 saturated heterocycles. The number of carbonyl (C=O) groups is 2. The molecule has 0 spiro atoms. The normalized spacial score (nSPS) is 11.2. The molecule has 26 heavy (non-hydrogen) atoms. The number of rotatable bonds is 5. The van der Waals surface area contributed by atoms with Crippen molar-refractivity contribution in [1.29, 1.82) is 0 Å². The molecule has 0 atom stereocenters. The molecule has 0 bridgehead atoms. The molecule has 8 nitrogen and oxygen atoms in total. The van der Waals surface area contributed by atoms with Crippen LogP contribution in [0, 0.1) is 0 Å². The quantitative estimate of drug-likeness (QED) is 0.550. The van der Waals surface area contributed by atoms with E-state index in [0.29, 0.717) is 10.9 Å². The number of nitrogens with one attached hydrogen (secondary N) is 2. The van der Waals surface area contributed by atoms with E-state index in [9.17, 15) is 19.5 Å². The molecular weight excluding hydrogens is 340 g/mol. The minimum absolute atomic E-state index is 0.0285. The van der Waals surface area contributed by atoms with Gasteiger partial charge in [0.1, 0.15) is 16.9 Å². The summed E-state index contributed by atoms with van der Waals surface area (Å²) >= 11 is 0. The number of phenolic OH excluding ortho intramolecular Hbond substituents is 1. The van der Waals surface area contributed by atoms with E-state index in [1.807, 2.05) is 0 Å². The second-order valence-corrected chi connectivity index (χ2v) is 6.73. The number of phenols is 1. The molecule has 2 rings (SSSR count). The monoisotopic (exact) mass is 362 g/mol. The highest BCUT2D eigenvalue weighted by atomic mass is 16.6. The maximum Gasteiger partial charge on any atom is 0.407 e. The average molecular weight is 362 g/mol.